The van der Waals surface area contributed by atoms with Gasteiger partial charge in [0.25, 0.3) is 0 Å². The number of benzene rings is 6. The topological polar surface area (TPSA) is 62.7 Å². The van der Waals surface area contributed by atoms with Gasteiger partial charge in [0.15, 0.2) is 0 Å². The normalized spacial score (nSPS) is 17.7. The minimum absolute atomic E-state index is 0. The number of hydrogen-bond donors (Lipinski definition) is 0. The average Bonchev–Trinajstić information content (AvgIpc) is 4.10. The van der Waals surface area contributed by atoms with Crippen molar-refractivity contribution in [2.24, 2.45) is 10.8 Å². The van der Waals surface area contributed by atoms with Crippen molar-refractivity contribution in [1.82, 2.24) is 9.97 Å². The Labute approximate surface area is 435 Å². The largest absolute Gasteiger partial charge is 0.500 e. The Morgan fingerprint density at radius 2 is 1.47 bits per heavy atom. The first-order chi connectivity index (χ1) is 37.4. The summed E-state index contributed by atoms with van der Waals surface area (Å²) in [4.78, 5) is 8.98. The first-order valence-corrected chi connectivity index (χ1v) is 22.5. The van der Waals surface area contributed by atoms with Crippen LogP contribution in [0, 0.1) is 54.8 Å². The monoisotopic (exact) mass is 1080 g/mol. The fourth-order valence-electron chi connectivity index (χ4n) is 8.78. The molecule has 3 heterocycles. The van der Waals surface area contributed by atoms with E-state index in [0.717, 1.165) is 34.7 Å². The minimum atomic E-state index is -2.71. The van der Waals surface area contributed by atoms with E-state index < -0.39 is 38.2 Å². The third kappa shape index (κ3) is 10.3. The molecule has 9 aromatic rings. The molecule has 5 heteroatoms. The first kappa shape index (κ1) is 33.9. The van der Waals surface area contributed by atoms with Crippen LogP contribution in [0.1, 0.15) is 117 Å². The number of aryl methyl sites for hydroxylation is 3. The molecule has 1 aliphatic carbocycles. The number of furan rings is 1. The molecule has 0 amide bonds. The second-order valence-electron chi connectivity index (χ2n) is 18.9. The summed E-state index contributed by atoms with van der Waals surface area (Å²) < 4.78 is 116. The molecule has 10 rings (SSSR count). The Bertz CT molecular complexity index is 3810. The maximum atomic E-state index is 9.99. The third-order valence-electron chi connectivity index (χ3n) is 12.4. The summed E-state index contributed by atoms with van der Waals surface area (Å²) in [7, 11) is 0. The minimum Gasteiger partial charge on any atom is -0.500 e. The summed E-state index contributed by atoms with van der Waals surface area (Å²) in [5, 5.41) is 11.5. The quantitative estimate of drug-likeness (QED) is 0.149. The van der Waals surface area contributed by atoms with Crippen LogP contribution in [0.2, 0.25) is 0 Å². The van der Waals surface area contributed by atoms with Crippen molar-refractivity contribution in [2.45, 2.75) is 93.1 Å². The number of fused-ring (bicyclic) bond motifs is 3. The zero-order valence-corrected chi connectivity index (χ0v) is 41.1. The van der Waals surface area contributed by atoms with Crippen LogP contribution >= 0.6 is 0 Å². The second kappa shape index (κ2) is 20.0. The number of aromatic nitrogens is 2. The zero-order valence-electron chi connectivity index (χ0n) is 51.7. The van der Waals surface area contributed by atoms with Gasteiger partial charge in [-0.3, -0.25) is 0 Å². The fourth-order valence-corrected chi connectivity index (χ4v) is 8.78. The van der Waals surface area contributed by atoms with E-state index in [4.69, 9.17) is 19.5 Å². The Balaban J connectivity index is 0.000000244. The molecule has 1 saturated carbocycles. The summed E-state index contributed by atoms with van der Waals surface area (Å²) in [6, 6.07) is 45.6. The molecular weight excluding hydrogens is 1010 g/mol. The number of nitrogens with zero attached hydrogens (tertiary/aromatic N) is 3. The molecule has 0 saturated heterocycles. The number of nitriles is 1. The molecule has 68 heavy (non-hydrogen) atoms. The maximum absolute atomic E-state index is 9.99. The predicted octanol–water partition coefficient (Wildman–Crippen LogP) is 17.1. The van der Waals surface area contributed by atoms with Crippen molar-refractivity contribution in [2.75, 3.05) is 0 Å². The summed E-state index contributed by atoms with van der Waals surface area (Å²) >= 11 is 0. The fraction of sp³-hybridized carbons (Fsp3) is 0.254. The van der Waals surface area contributed by atoms with Crippen molar-refractivity contribution >= 4 is 21.9 Å². The van der Waals surface area contributed by atoms with E-state index in [0.29, 0.717) is 68.6 Å². The molecule has 4 nitrogen and oxygen atoms in total. The Kier molecular flexibility index (Phi) is 10.00. The number of hydrogen-bond acceptors (Lipinski definition) is 4. The van der Waals surface area contributed by atoms with Gasteiger partial charge in [0.2, 0.25) is 0 Å². The van der Waals surface area contributed by atoms with Gasteiger partial charge in [-0.15, -0.1) is 47.5 Å². The van der Waals surface area contributed by atoms with E-state index in [-0.39, 0.29) is 65.1 Å². The van der Waals surface area contributed by atoms with Crippen molar-refractivity contribution in [3.8, 4) is 62.0 Å². The van der Waals surface area contributed by atoms with Crippen molar-refractivity contribution < 1.29 is 42.3 Å². The second-order valence-corrected chi connectivity index (χ2v) is 18.9. The van der Waals surface area contributed by atoms with Crippen LogP contribution in [0.15, 0.2) is 150 Å². The van der Waals surface area contributed by atoms with Crippen molar-refractivity contribution in [3.05, 3.63) is 191 Å². The Morgan fingerprint density at radius 1 is 0.765 bits per heavy atom. The van der Waals surface area contributed by atoms with E-state index in [2.05, 4.69) is 42.0 Å². The molecule has 0 bridgehead atoms. The zero-order chi connectivity index (χ0) is 58.0. The van der Waals surface area contributed by atoms with Gasteiger partial charge in [-0.05, 0) is 124 Å². The van der Waals surface area contributed by atoms with Gasteiger partial charge in [-0.1, -0.05) is 161 Å². The van der Waals surface area contributed by atoms with Gasteiger partial charge in [0.05, 0.1) is 18.6 Å². The SMILES string of the molecule is [2H]C([2H])([2H])c1c[c-]c(-c2ccc(C([2H])([2H])C(C)(C)C)cn2)cc1-c1ccccc1.[2H]c1cc(C2([2H])CCC(C)(C)CC2)cc(C([2H])([2H])[2H])c1-c1cc(-c2[c-]ccc3c2oc2c(-c4ccccc4)c(C#N)ccc23)ncc1C([2H])([2H])[2H].[Ir]. The van der Waals surface area contributed by atoms with Crippen LogP contribution < -0.4 is 0 Å². The predicted molar refractivity (Wildman–Crippen MR) is 278 cm³/mol. The van der Waals surface area contributed by atoms with Gasteiger partial charge < -0.3 is 14.4 Å². The standard InChI is InChI=1S/C40H35N2O.C23H24N.Ir/c1-25-21-29(27-17-19-40(3,4)20-18-27)13-15-31(25)35-22-36(42-24-26(35)2)34-12-8-11-32-33-16-14-30(23-41)37(39(33)43-38(32)34)28-9-6-5-7-10-28;1-17-10-12-20(14-21(17)19-8-6-5-7-9-19)22-13-11-18(16-24-22)15-23(2,3)4;/h5-11,13-16,21-22,24,27H,17-20H2,1-4H3;5-11,13-14,16H,15H2,1-4H3;/q2*-1;/i1D3,2D3,15D,27D;1D3,15D2;. The summed E-state index contributed by atoms with van der Waals surface area (Å²) in [5.74, 6) is -1.06. The van der Waals surface area contributed by atoms with E-state index in [1.54, 1.807) is 36.5 Å². The molecule has 0 atom stereocenters. The van der Waals surface area contributed by atoms with Crippen molar-refractivity contribution in [3.63, 3.8) is 0 Å². The summed E-state index contributed by atoms with van der Waals surface area (Å²) in [6.45, 7) is 2.24. The summed E-state index contributed by atoms with van der Waals surface area (Å²) in [5.41, 5.74) is 6.56. The van der Waals surface area contributed by atoms with E-state index in [9.17, 15) is 8.00 Å². The van der Waals surface area contributed by atoms with Gasteiger partial charge >= 0.3 is 0 Å². The third-order valence-corrected chi connectivity index (χ3v) is 12.4. The van der Waals surface area contributed by atoms with Crippen LogP contribution in [-0.2, 0) is 26.5 Å². The van der Waals surface area contributed by atoms with Crippen LogP contribution in [0.5, 0.6) is 0 Å². The molecule has 3 aromatic heterocycles. The Morgan fingerprint density at radius 3 is 2.15 bits per heavy atom. The molecule has 6 aromatic carbocycles. The average molecular weight is 1080 g/mol. The number of rotatable bonds is 7. The van der Waals surface area contributed by atoms with Crippen LogP contribution in [-0.4, -0.2) is 9.97 Å². The summed E-state index contributed by atoms with van der Waals surface area (Å²) in [6.07, 6.45) is 3.87. The molecule has 0 spiro atoms. The van der Waals surface area contributed by atoms with Gasteiger partial charge in [0, 0.05) is 59.9 Å². The molecule has 1 radical (unpaired) electrons. The molecular formula is C63H59IrN3O-2. The smallest absolute Gasteiger partial charge is 0.130 e. The van der Waals surface area contributed by atoms with Gasteiger partial charge in [-0.25, -0.2) is 0 Å². The number of pyridine rings is 2. The van der Waals surface area contributed by atoms with E-state index >= 15 is 0 Å². The maximum Gasteiger partial charge on any atom is 0.130 e. The van der Waals surface area contributed by atoms with Gasteiger partial charge in [-0.2, -0.15) is 5.26 Å². The van der Waals surface area contributed by atoms with Crippen LogP contribution in [0.25, 0.3) is 77.8 Å². The molecule has 0 unspecified atom stereocenters. The van der Waals surface area contributed by atoms with Gasteiger partial charge in [0.1, 0.15) is 5.58 Å². The van der Waals surface area contributed by atoms with E-state index in [1.165, 1.54) is 30.5 Å². The Hall–Kier alpha value is -6.44. The molecule has 0 N–H and O–H groups in total. The first-order valence-electron chi connectivity index (χ1n) is 29.0. The van der Waals surface area contributed by atoms with Crippen molar-refractivity contribution in [1.29, 1.82) is 5.26 Å². The van der Waals surface area contributed by atoms with E-state index in [1.807, 2.05) is 93.6 Å². The molecule has 1 fully saturated rings. The molecule has 0 aliphatic heterocycles. The van der Waals surface area contributed by atoms with Crippen LogP contribution in [0.4, 0.5) is 0 Å². The molecule has 1 aliphatic rings. The molecule has 343 valence electrons. The van der Waals surface area contributed by atoms with Crippen LogP contribution in [0.3, 0.4) is 0 Å².